The van der Waals surface area contributed by atoms with Gasteiger partial charge in [-0.1, -0.05) is 18.5 Å². The molecule has 1 amide bonds. The molecule has 0 fully saturated rings. The third-order valence-corrected chi connectivity index (χ3v) is 7.11. The maximum absolute atomic E-state index is 11.9. The van der Waals surface area contributed by atoms with Gasteiger partial charge in [-0.05, 0) is 42.3 Å². The van der Waals surface area contributed by atoms with E-state index in [1.54, 1.807) is 25.4 Å². The van der Waals surface area contributed by atoms with Gasteiger partial charge in [0.2, 0.25) is 11.9 Å². The zero-order valence-electron chi connectivity index (χ0n) is 20.0. The second-order valence-electron chi connectivity index (χ2n) is 9.32. The molecule has 3 heterocycles. The van der Waals surface area contributed by atoms with Gasteiger partial charge in [0.15, 0.2) is 0 Å². The van der Waals surface area contributed by atoms with Gasteiger partial charge in [0.25, 0.3) is 0 Å². The van der Waals surface area contributed by atoms with Gasteiger partial charge in [-0.15, -0.1) is 0 Å². The average molecular weight is 504 g/mol. The number of aliphatic hydroxyl groups is 1. The standard InChI is InChI=1S/C26H26ClN7O2/c1-26(14-35)13-31-24-16(11-28)7-15(8-19(24)26)20-3-5-30-25(32-20)33-21-9-17(27)10-22-18(21)4-6-34(22)12-23(36)29-2/h3,5,7-10,31,35H,4,6,12-14H2,1-2H3,(H,29,36)(H,30,32,33). The van der Waals surface area contributed by atoms with Crippen molar-refractivity contribution in [2.45, 2.75) is 18.8 Å². The average Bonchev–Trinajstić information content (AvgIpc) is 3.44. The van der Waals surface area contributed by atoms with E-state index in [1.807, 2.05) is 30.0 Å². The van der Waals surface area contributed by atoms with Crippen LogP contribution in [-0.4, -0.2) is 54.3 Å². The Morgan fingerprint density at radius 2 is 2.19 bits per heavy atom. The topological polar surface area (TPSA) is 126 Å². The number of benzene rings is 2. The number of hydrogen-bond acceptors (Lipinski definition) is 8. The Labute approximate surface area is 214 Å². The van der Waals surface area contributed by atoms with Gasteiger partial charge in [-0.2, -0.15) is 5.26 Å². The molecule has 3 aromatic rings. The fraction of sp³-hybridized carbons (Fsp3) is 0.308. The normalized spacial score (nSPS) is 17.7. The van der Waals surface area contributed by atoms with Crippen LogP contribution >= 0.6 is 11.6 Å². The third-order valence-electron chi connectivity index (χ3n) is 6.89. The number of rotatable bonds is 6. The van der Waals surface area contributed by atoms with Gasteiger partial charge in [0.1, 0.15) is 6.07 Å². The Morgan fingerprint density at radius 3 is 2.94 bits per heavy atom. The molecular formula is C26H26ClN7O2. The molecule has 0 radical (unpaired) electrons. The molecule has 2 aliphatic heterocycles. The molecule has 1 aromatic heterocycles. The van der Waals surface area contributed by atoms with Crippen LogP contribution in [0.5, 0.6) is 0 Å². The van der Waals surface area contributed by atoms with Crippen molar-refractivity contribution in [2.24, 2.45) is 0 Å². The summed E-state index contributed by atoms with van der Waals surface area (Å²) in [4.78, 5) is 23.0. The van der Waals surface area contributed by atoms with Crippen molar-refractivity contribution in [3.05, 3.63) is 58.2 Å². The van der Waals surface area contributed by atoms with E-state index in [-0.39, 0.29) is 19.1 Å². The number of halogens is 1. The lowest BCUT2D eigenvalue weighted by Crippen LogP contribution is -2.34. The maximum atomic E-state index is 11.9. The van der Waals surface area contributed by atoms with E-state index >= 15 is 0 Å². The van der Waals surface area contributed by atoms with Crippen molar-refractivity contribution in [1.29, 1.82) is 5.26 Å². The van der Waals surface area contributed by atoms with E-state index in [0.717, 1.165) is 40.2 Å². The summed E-state index contributed by atoms with van der Waals surface area (Å²) in [6, 6.07) is 11.5. The minimum atomic E-state index is -0.479. The van der Waals surface area contributed by atoms with Crippen LogP contribution in [0.25, 0.3) is 11.3 Å². The van der Waals surface area contributed by atoms with Crippen LogP contribution in [0.3, 0.4) is 0 Å². The summed E-state index contributed by atoms with van der Waals surface area (Å²) < 4.78 is 0. The van der Waals surface area contributed by atoms with E-state index in [2.05, 4.69) is 27.0 Å². The predicted molar refractivity (Wildman–Crippen MR) is 140 cm³/mol. The predicted octanol–water partition coefficient (Wildman–Crippen LogP) is 3.20. The van der Waals surface area contributed by atoms with Gasteiger partial charge >= 0.3 is 0 Å². The van der Waals surface area contributed by atoms with Gasteiger partial charge in [0.05, 0.1) is 30.1 Å². The first-order valence-electron chi connectivity index (χ1n) is 11.7. The number of nitrogens with zero attached hydrogens (tertiary/aromatic N) is 4. The minimum Gasteiger partial charge on any atom is -0.395 e. The summed E-state index contributed by atoms with van der Waals surface area (Å²) >= 11 is 6.42. The summed E-state index contributed by atoms with van der Waals surface area (Å²) in [6.07, 6.45) is 2.42. The van der Waals surface area contributed by atoms with E-state index in [4.69, 9.17) is 16.6 Å². The molecular weight excluding hydrogens is 478 g/mol. The molecule has 1 atom stereocenters. The lowest BCUT2D eigenvalue weighted by atomic mass is 9.83. The summed E-state index contributed by atoms with van der Waals surface area (Å²) in [5.41, 5.74) is 5.87. The molecule has 4 N–H and O–H groups in total. The highest BCUT2D eigenvalue weighted by Gasteiger charge is 2.36. The highest BCUT2D eigenvalue weighted by atomic mass is 35.5. The molecule has 9 nitrogen and oxygen atoms in total. The monoisotopic (exact) mass is 503 g/mol. The van der Waals surface area contributed by atoms with E-state index in [0.29, 0.717) is 35.3 Å². The second-order valence-corrected chi connectivity index (χ2v) is 9.75. The second kappa shape index (κ2) is 9.30. The van der Waals surface area contributed by atoms with E-state index in [1.165, 1.54) is 0 Å². The van der Waals surface area contributed by atoms with Crippen molar-refractivity contribution in [2.75, 3.05) is 48.8 Å². The van der Waals surface area contributed by atoms with E-state index in [9.17, 15) is 15.2 Å². The number of nitriles is 1. The van der Waals surface area contributed by atoms with Crippen molar-refractivity contribution in [3.63, 3.8) is 0 Å². The van der Waals surface area contributed by atoms with E-state index < -0.39 is 5.41 Å². The molecule has 2 aromatic carbocycles. The molecule has 2 aliphatic rings. The number of amides is 1. The van der Waals surface area contributed by atoms with Crippen LogP contribution in [0.1, 0.15) is 23.6 Å². The number of carbonyl (C=O) groups is 1. The number of aliphatic hydroxyl groups excluding tert-OH is 1. The van der Waals surface area contributed by atoms with Crippen LogP contribution in [0.2, 0.25) is 5.02 Å². The molecule has 0 spiro atoms. The smallest absolute Gasteiger partial charge is 0.239 e. The van der Waals surface area contributed by atoms with Gasteiger partial charge in [0, 0.05) is 59.3 Å². The first-order valence-corrected chi connectivity index (χ1v) is 12.0. The van der Waals surface area contributed by atoms with Crippen molar-refractivity contribution in [1.82, 2.24) is 15.3 Å². The Morgan fingerprint density at radius 1 is 1.36 bits per heavy atom. The Kier molecular flexibility index (Phi) is 6.16. The highest BCUT2D eigenvalue weighted by Crippen LogP contribution is 2.41. The van der Waals surface area contributed by atoms with Crippen molar-refractivity contribution < 1.29 is 9.90 Å². The molecule has 36 heavy (non-hydrogen) atoms. The van der Waals surface area contributed by atoms with Gasteiger partial charge < -0.3 is 26.0 Å². The van der Waals surface area contributed by atoms with Gasteiger partial charge in [-0.3, -0.25) is 4.79 Å². The van der Waals surface area contributed by atoms with Crippen LogP contribution in [0.15, 0.2) is 36.5 Å². The third kappa shape index (κ3) is 4.19. The molecule has 0 bridgehead atoms. The first kappa shape index (κ1) is 23.9. The first-order chi connectivity index (χ1) is 17.3. The number of hydrogen-bond donors (Lipinski definition) is 4. The zero-order chi connectivity index (χ0) is 25.4. The largest absolute Gasteiger partial charge is 0.395 e. The number of aromatic nitrogens is 2. The fourth-order valence-corrected chi connectivity index (χ4v) is 5.04. The zero-order valence-corrected chi connectivity index (χ0v) is 20.8. The molecule has 5 rings (SSSR count). The summed E-state index contributed by atoms with van der Waals surface area (Å²) in [6.45, 7) is 3.47. The number of nitrogens with one attached hydrogen (secondary N) is 3. The molecule has 1 unspecified atom stereocenters. The van der Waals surface area contributed by atoms with Crippen LogP contribution in [0.4, 0.5) is 23.0 Å². The van der Waals surface area contributed by atoms with Gasteiger partial charge in [-0.25, -0.2) is 9.97 Å². The number of carbonyl (C=O) groups excluding carboxylic acids is 1. The number of fused-ring (bicyclic) bond motifs is 2. The van der Waals surface area contributed by atoms with Crippen LogP contribution in [-0.2, 0) is 16.6 Å². The molecule has 10 heteroatoms. The van der Waals surface area contributed by atoms with Crippen molar-refractivity contribution in [3.8, 4) is 17.3 Å². The summed E-state index contributed by atoms with van der Waals surface area (Å²) in [7, 11) is 1.62. The maximum Gasteiger partial charge on any atom is 0.239 e. The number of likely N-dealkylation sites (N-methyl/N-ethyl adjacent to an activating group) is 1. The van der Waals surface area contributed by atoms with Crippen molar-refractivity contribution >= 4 is 40.5 Å². The summed E-state index contributed by atoms with van der Waals surface area (Å²) in [5.74, 6) is 0.329. The molecule has 0 aliphatic carbocycles. The Hall–Kier alpha value is -3.87. The fourth-order valence-electron chi connectivity index (χ4n) is 4.83. The van der Waals surface area contributed by atoms with Crippen LogP contribution in [0, 0.1) is 11.3 Å². The lowest BCUT2D eigenvalue weighted by molar-refractivity contribution is -0.119. The molecule has 0 saturated carbocycles. The number of anilines is 4. The quantitative estimate of drug-likeness (QED) is 0.404. The SMILES string of the molecule is CNC(=O)CN1CCc2c(Nc3nccc(-c4cc(C#N)c5c(c4)C(C)(CO)CN5)n3)cc(Cl)cc21. The summed E-state index contributed by atoms with van der Waals surface area (Å²) in [5, 5.41) is 29.5. The highest BCUT2D eigenvalue weighted by molar-refractivity contribution is 6.31. The molecule has 184 valence electrons. The molecule has 0 saturated heterocycles. The van der Waals surface area contributed by atoms with Crippen LogP contribution < -0.4 is 20.9 Å². The lowest BCUT2D eigenvalue weighted by Gasteiger charge is -2.21. The Bertz CT molecular complexity index is 1400. The Balaban J connectivity index is 1.48. The minimum absolute atomic E-state index is 0.0330.